The van der Waals surface area contributed by atoms with Crippen molar-refractivity contribution in [1.82, 2.24) is 4.90 Å². The third-order valence-electron chi connectivity index (χ3n) is 4.36. The third kappa shape index (κ3) is 4.76. The van der Waals surface area contributed by atoms with E-state index in [1.807, 2.05) is 4.90 Å². The number of piperidine rings is 1. The minimum atomic E-state index is -0.530. The zero-order chi connectivity index (χ0) is 18.4. The number of nitro groups is 1. The Bertz CT molecular complexity index is 649. The van der Waals surface area contributed by atoms with Gasteiger partial charge in [0.1, 0.15) is 5.69 Å². The minimum absolute atomic E-state index is 0.147. The monoisotopic (exact) mass is 349 g/mol. The number of hydrogen-bond acceptors (Lipinski definition) is 6. The van der Waals surface area contributed by atoms with Crippen molar-refractivity contribution >= 4 is 23.3 Å². The highest BCUT2D eigenvalue weighted by molar-refractivity contribution is 5.96. The van der Waals surface area contributed by atoms with Gasteiger partial charge in [-0.05, 0) is 39.3 Å². The number of carbonyl (C=O) groups is 2. The Hall–Kier alpha value is -2.48. The Balaban J connectivity index is 2.02. The molecule has 136 valence electrons. The maximum atomic E-state index is 12.5. The first-order chi connectivity index (χ1) is 11.9. The van der Waals surface area contributed by atoms with Crippen molar-refractivity contribution in [2.75, 3.05) is 25.0 Å². The van der Waals surface area contributed by atoms with Crippen LogP contribution in [0.1, 0.15) is 26.7 Å². The number of ether oxygens (including phenoxy) is 1. The number of benzene rings is 1. The number of likely N-dealkylation sites (tertiary alicyclic amines) is 1. The average Bonchev–Trinajstić information content (AvgIpc) is 2.61. The number of nitro benzene ring substituents is 1. The van der Waals surface area contributed by atoms with E-state index in [1.165, 1.54) is 12.1 Å². The Morgan fingerprint density at radius 3 is 2.84 bits per heavy atom. The lowest BCUT2D eigenvalue weighted by Gasteiger charge is -2.35. The average molecular weight is 349 g/mol. The van der Waals surface area contributed by atoms with Gasteiger partial charge < -0.3 is 10.1 Å². The second-order valence-electron chi connectivity index (χ2n) is 6.03. The molecule has 1 N–H and O–H groups in total. The zero-order valence-corrected chi connectivity index (χ0v) is 14.4. The molecular weight excluding hydrogens is 326 g/mol. The van der Waals surface area contributed by atoms with Crippen LogP contribution in [0.15, 0.2) is 24.3 Å². The number of esters is 1. The smallest absolute Gasteiger partial charge is 0.310 e. The van der Waals surface area contributed by atoms with Gasteiger partial charge in [-0.1, -0.05) is 12.1 Å². The van der Waals surface area contributed by atoms with Gasteiger partial charge in [0.05, 0.1) is 23.5 Å². The minimum Gasteiger partial charge on any atom is -0.466 e. The summed E-state index contributed by atoms with van der Waals surface area (Å²) in [6, 6.07) is 5.52. The van der Waals surface area contributed by atoms with E-state index in [9.17, 15) is 19.7 Å². The molecular formula is C17H23N3O5. The molecule has 1 aliphatic rings. The molecule has 2 rings (SSSR count). The molecule has 2 unspecified atom stereocenters. The fourth-order valence-corrected chi connectivity index (χ4v) is 2.95. The van der Waals surface area contributed by atoms with E-state index in [2.05, 4.69) is 5.32 Å². The Morgan fingerprint density at radius 1 is 1.44 bits per heavy atom. The molecule has 1 amide bonds. The van der Waals surface area contributed by atoms with Gasteiger partial charge in [-0.2, -0.15) is 0 Å². The molecule has 8 nitrogen and oxygen atoms in total. The molecule has 8 heteroatoms. The molecule has 1 aliphatic heterocycles. The second-order valence-corrected chi connectivity index (χ2v) is 6.03. The number of amides is 1. The van der Waals surface area contributed by atoms with Crippen molar-refractivity contribution in [3.63, 3.8) is 0 Å². The summed E-state index contributed by atoms with van der Waals surface area (Å²) in [4.78, 5) is 36.8. The van der Waals surface area contributed by atoms with Gasteiger partial charge in [-0.25, -0.2) is 0 Å². The van der Waals surface area contributed by atoms with E-state index in [0.29, 0.717) is 19.7 Å². The van der Waals surface area contributed by atoms with Crippen LogP contribution in [-0.2, 0) is 14.3 Å². The number of nitrogens with one attached hydrogen (secondary N) is 1. The van der Waals surface area contributed by atoms with Crippen LogP contribution < -0.4 is 5.32 Å². The highest BCUT2D eigenvalue weighted by atomic mass is 16.6. The topological polar surface area (TPSA) is 102 Å². The van der Waals surface area contributed by atoms with Gasteiger partial charge >= 0.3 is 5.97 Å². The molecule has 0 spiro atoms. The Labute approximate surface area is 146 Å². The molecule has 2 atom stereocenters. The summed E-state index contributed by atoms with van der Waals surface area (Å²) in [7, 11) is 0. The van der Waals surface area contributed by atoms with Crippen molar-refractivity contribution in [1.29, 1.82) is 0 Å². The van der Waals surface area contributed by atoms with Crippen molar-refractivity contribution in [3.8, 4) is 0 Å². The summed E-state index contributed by atoms with van der Waals surface area (Å²) in [5.74, 6) is -0.813. The van der Waals surface area contributed by atoms with Crippen molar-refractivity contribution in [3.05, 3.63) is 34.4 Å². The lowest BCUT2D eigenvalue weighted by Crippen LogP contribution is -2.48. The third-order valence-corrected chi connectivity index (χ3v) is 4.36. The van der Waals surface area contributed by atoms with Gasteiger partial charge in [0, 0.05) is 12.6 Å². The van der Waals surface area contributed by atoms with Gasteiger partial charge in [-0.15, -0.1) is 0 Å². The summed E-state index contributed by atoms with van der Waals surface area (Å²) < 4.78 is 5.07. The normalized spacial score (nSPS) is 19.0. The van der Waals surface area contributed by atoms with Crippen LogP contribution in [0.3, 0.4) is 0 Å². The molecule has 1 saturated heterocycles. The van der Waals surface area contributed by atoms with E-state index in [0.717, 1.165) is 12.8 Å². The number of anilines is 1. The standard InChI is InChI=1S/C17H23N3O5/c1-3-25-17(22)13-7-6-10-19(11-13)12(2)16(21)18-14-8-4-5-9-15(14)20(23)24/h4-5,8-9,12-13H,3,6-7,10-11H2,1-2H3,(H,18,21). The summed E-state index contributed by atoms with van der Waals surface area (Å²) in [5.41, 5.74) is 0.0226. The molecule has 0 saturated carbocycles. The number of hydrogen-bond donors (Lipinski definition) is 1. The Morgan fingerprint density at radius 2 is 2.16 bits per heavy atom. The molecule has 0 aliphatic carbocycles. The van der Waals surface area contributed by atoms with Crippen LogP contribution in [0, 0.1) is 16.0 Å². The number of rotatable bonds is 6. The fourth-order valence-electron chi connectivity index (χ4n) is 2.95. The van der Waals surface area contributed by atoms with Crippen molar-refractivity contribution < 1.29 is 19.2 Å². The van der Waals surface area contributed by atoms with Crippen LogP contribution in [0.4, 0.5) is 11.4 Å². The quantitative estimate of drug-likeness (QED) is 0.480. The predicted molar refractivity (Wildman–Crippen MR) is 92.1 cm³/mol. The number of para-hydroxylation sites is 2. The molecule has 0 radical (unpaired) electrons. The van der Waals surface area contributed by atoms with E-state index >= 15 is 0 Å². The van der Waals surface area contributed by atoms with Gasteiger partial charge in [0.25, 0.3) is 5.69 Å². The maximum absolute atomic E-state index is 12.5. The van der Waals surface area contributed by atoms with Gasteiger partial charge in [-0.3, -0.25) is 24.6 Å². The van der Waals surface area contributed by atoms with E-state index in [4.69, 9.17) is 4.74 Å². The molecule has 1 heterocycles. The lowest BCUT2D eigenvalue weighted by atomic mass is 9.97. The fraction of sp³-hybridized carbons (Fsp3) is 0.529. The number of carbonyl (C=O) groups excluding carboxylic acids is 2. The van der Waals surface area contributed by atoms with Gasteiger partial charge in [0.15, 0.2) is 0 Å². The largest absolute Gasteiger partial charge is 0.466 e. The Kier molecular flexibility index (Phi) is 6.46. The molecule has 1 aromatic rings. The summed E-state index contributed by atoms with van der Waals surface area (Å²) in [5, 5.41) is 13.7. The first-order valence-electron chi connectivity index (χ1n) is 8.39. The lowest BCUT2D eigenvalue weighted by molar-refractivity contribution is -0.383. The molecule has 0 bridgehead atoms. The van der Waals surface area contributed by atoms with Crippen LogP contribution in [0.25, 0.3) is 0 Å². The van der Waals surface area contributed by atoms with Crippen LogP contribution in [-0.4, -0.2) is 47.4 Å². The number of nitrogens with zero attached hydrogens (tertiary/aromatic N) is 2. The van der Waals surface area contributed by atoms with Crippen LogP contribution in [0.2, 0.25) is 0 Å². The van der Waals surface area contributed by atoms with Crippen molar-refractivity contribution in [2.24, 2.45) is 5.92 Å². The first-order valence-corrected chi connectivity index (χ1v) is 8.39. The van der Waals surface area contributed by atoms with E-state index in [1.54, 1.807) is 26.0 Å². The van der Waals surface area contributed by atoms with Crippen LogP contribution >= 0.6 is 0 Å². The van der Waals surface area contributed by atoms with E-state index < -0.39 is 11.0 Å². The molecule has 0 aromatic heterocycles. The first kappa shape index (κ1) is 18.9. The van der Waals surface area contributed by atoms with Crippen LogP contribution in [0.5, 0.6) is 0 Å². The summed E-state index contributed by atoms with van der Waals surface area (Å²) in [6.45, 7) is 4.98. The maximum Gasteiger partial charge on any atom is 0.310 e. The highest BCUT2D eigenvalue weighted by Crippen LogP contribution is 2.25. The highest BCUT2D eigenvalue weighted by Gasteiger charge is 2.32. The molecule has 1 fully saturated rings. The second kappa shape index (κ2) is 8.57. The molecule has 25 heavy (non-hydrogen) atoms. The SMILES string of the molecule is CCOC(=O)C1CCCN(C(C)C(=O)Nc2ccccc2[N+](=O)[O-])C1. The summed E-state index contributed by atoms with van der Waals surface area (Å²) >= 11 is 0. The summed E-state index contributed by atoms with van der Waals surface area (Å²) in [6.07, 6.45) is 1.54. The van der Waals surface area contributed by atoms with Crippen molar-refractivity contribution in [2.45, 2.75) is 32.7 Å². The predicted octanol–water partition coefficient (Wildman–Crippen LogP) is 2.20. The molecule has 1 aromatic carbocycles. The zero-order valence-electron chi connectivity index (χ0n) is 14.4. The van der Waals surface area contributed by atoms with Gasteiger partial charge in [0.2, 0.25) is 5.91 Å². The van der Waals surface area contributed by atoms with E-state index in [-0.39, 0.29) is 29.2 Å².